The highest BCUT2D eigenvalue weighted by molar-refractivity contribution is 6.33. The fourth-order valence-electron chi connectivity index (χ4n) is 3.70. The number of anilines is 1. The van der Waals surface area contributed by atoms with E-state index in [0.29, 0.717) is 31.1 Å². The van der Waals surface area contributed by atoms with Crippen LogP contribution in [-0.4, -0.2) is 74.2 Å². The Hall–Kier alpha value is -2.32. The van der Waals surface area contributed by atoms with Gasteiger partial charge in [0.25, 0.3) is 5.91 Å². The molecule has 3 atom stereocenters. The number of piperazine rings is 1. The van der Waals surface area contributed by atoms with Crippen LogP contribution >= 0.6 is 11.6 Å². The van der Waals surface area contributed by atoms with Crippen molar-refractivity contribution in [2.45, 2.75) is 38.9 Å². The number of nitrogens with one attached hydrogen (secondary N) is 1. The highest BCUT2D eigenvalue weighted by Crippen LogP contribution is 2.26. The number of carbonyl (C=O) groups excluding carboxylic acids is 3. The number of halogens is 1. The second-order valence-corrected chi connectivity index (χ2v) is 8.18. The second-order valence-electron chi connectivity index (χ2n) is 7.77. The smallest absolute Gasteiger partial charge is 0.338 e. The van der Waals surface area contributed by atoms with Crippen LogP contribution in [0.3, 0.4) is 0 Å². The third-order valence-corrected chi connectivity index (χ3v) is 6.02. The number of para-hydroxylation sites is 1. The molecule has 0 unspecified atom stereocenters. The molecule has 2 aliphatic heterocycles. The van der Waals surface area contributed by atoms with E-state index in [1.807, 2.05) is 36.1 Å². The summed E-state index contributed by atoms with van der Waals surface area (Å²) in [5, 5.41) is 3.52. The van der Waals surface area contributed by atoms with E-state index in [1.165, 1.54) is 0 Å². The molecule has 9 heteroatoms. The number of carbonyl (C=O) groups is 3. The number of hydrogen-bond acceptors (Lipinski definition) is 6. The number of ether oxygens (including phenoxy) is 2. The molecular formula is C22H30ClN3O5. The van der Waals surface area contributed by atoms with Gasteiger partial charge in [-0.05, 0) is 25.0 Å². The normalized spacial score (nSPS) is 21.4. The van der Waals surface area contributed by atoms with Crippen LogP contribution in [0.1, 0.15) is 26.7 Å². The summed E-state index contributed by atoms with van der Waals surface area (Å²) < 4.78 is 9.96. The predicted molar refractivity (Wildman–Crippen MR) is 117 cm³/mol. The largest absolute Gasteiger partial charge is 0.464 e. The standard InChI is InChI=1S/C22H30ClN3O5/c1-3-15(14-24-21(28)19-20(31-19)22(29)30-4-2)13-18(27)26-11-9-25(10-12-26)17-8-6-5-7-16(17)23/h5-8,15,19-20H,3-4,9-14H2,1-2H3,(H,24,28)/t15-,19-,20-/m0/s1. The third kappa shape index (κ3) is 6.11. The number of benzene rings is 1. The summed E-state index contributed by atoms with van der Waals surface area (Å²) >= 11 is 6.28. The Labute approximate surface area is 187 Å². The van der Waals surface area contributed by atoms with Gasteiger partial charge < -0.3 is 24.6 Å². The molecule has 0 radical (unpaired) electrons. The predicted octanol–water partition coefficient (Wildman–Crippen LogP) is 1.85. The van der Waals surface area contributed by atoms with Gasteiger partial charge in [-0.15, -0.1) is 0 Å². The summed E-state index contributed by atoms with van der Waals surface area (Å²) in [4.78, 5) is 40.6. The van der Waals surface area contributed by atoms with Crippen molar-refractivity contribution in [2.75, 3.05) is 44.2 Å². The Bertz CT molecular complexity index is 797. The average Bonchev–Trinajstić information content (AvgIpc) is 3.58. The molecule has 0 aromatic heterocycles. The van der Waals surface area contributed by atoms with Gasteiger partial charge in [0, 0.05) is 39.1 Å². The Kier molecular flexibility index (Phi) is 8.15. The highest BCUT2D eigenvalue weighted by atomic mass is 35.5. The monoisotopic (exact) mass is 451 g/mol. The molecule has 0 saturated carbocycles. The quantitative estimate of drug-likeness (QED) is 0.455. The fourth-order valence-corrected chi connectivity index (χ4v) is 3.96. The lowest BCUT2D eigenvalue weighted by Crippen LogP contribution is -2.49. The minimum Gasteiger partial charge on any atom is -0.464 e. The lowest BCUT2D eigenvalue weighted by Gasteiger charge is -2.37. The first-order valence-corrected chi connectivity index (χ1v) is 11.2. The number of rotatable bonds is 9. The summed E-state index contributed by atoms with van der Waals surface area (Å²) in [7, 11) is 0. The van der Waals surface area contributed by atoms with Crippen molar-refractivity contribution in [1.82, 2.24) is 10.2 Å². The van der Waals surface area contributed by atoms with E-state index in [2.05, 4.69) is 10.2 Å². The summed E-state index contributed by atoms with van der Waals surface area (Å²) in [5.74, 6) is -0.733. The summed E-state index contributed by atoms with van der Waals surface area (Å²) in [5.41, 5.74) is 0.994. The van der Waals surface area contributed by atoms with Crippen LogP contribution in [0.25, 0.3) is 0 Å². The summed E-state index contributed by atoms with van der Waals surface area (Å²) in [6, 6.07) is 7.73. The van der Waals surface area contributed by atoms with Crippen LogP contribution in [0.2, 0.25) is 5.02 Å². The van der Waals surface area contributed by atoms with Crippen LogP contribution in [0.15, 0.2) is 24.3 Å². The zero-order valence-electron chi connectivity index (χ0n) is 18.0. The molecule has 1 aromatic carbocycles. The van der Waals surface area contributed by atoms with Gasteiger partial charge in [-0.25, -0.2) is 4.79 Å². The molecule has 1 N–H and O–H groups in total. The number of nitrogens with zero attached hydrogens (tertiary/aromatic N) is 2. The molecule has 3 rings (SSSR count). The molecular weight excluding hydrogens is 422 g/mol. The van der Waals surface area contributed by atoms with Crippen molar-refractivity contribution in [3.8, 4) is 0 Å². The summed E-state index contributed by atoms with van der Waals surface area (Å²) in [6.07, 6.45) is -0.463. The zero-order chi connectivity index (χ0) is 22.4. The van der Waals surface area contributed by atoms with E-state index in [-0.39, 0.29) is 24.3 Å². The molecule has 2 aliphatic rings. The maximum atomic E-state index is 12.8. The van der Waals surface area contributed by atoms with Gasteiger partial charge in [-0.1, -0.05) is 37.1 Å². The molecule has 0 spiro atoms. The first-order valence-electron chi connectivity index (χ1n) is 10.8. The average molecular weight is 452 g/mol. The van der Waals surface area contributed by atoms with E-state index >= 15 is 0 Å². The minimum absolute atomic E-state index is 0.0258. The number of amides is 2. The minimum atomic E-state index is -0.809. The Morgan fingerprint density at radius 3 is 2.52 bits per heavy atom. The lowest BCUT2D eigenvalue weighted by atomic mass is 10.0. The van der Waals surface area contributed by atoms with E-state index in [4.69, 9.17) is 21.1 Å². The van der Waals surface area contributed by atoms with Crippen molar-refractivity contribution in [3.63, 3.8) is 0 Å². The zero-order valence-corrected chi connectivity index (χ0v) is 18.8. The Balaban J connectivity index is 1.41. The van der Waals surface area contributed by atoms with Gasteiger partial charge >= 0.3 is 5.97 Å². The van der Waals surface area contributed by atoms with Gasteiger partial charge in [0.1, 0.15) is 0 Å². The Morgan fingerprint density at radius 2 is 1.87 bits per heavy atom. The van der Waals surface area contributed by atoms with Crippen LogP contribution in [0.4, 0.5) is 5.69 Å². The van der Waals surface area contributed by atoms with Crippen LogP contribution in [-0.2, 0) is 23.9 Å². The van der Waals surface area contributed by atoms with Gasteiger partial charge in [0.2, 0.25) is 5.91 Å². The topological polar surface area (TPSA) is 91.5 Å². The van der Waals surface area contributed by atoms with Crippen LogP contribution < -0.4 is 10.2 Å². The SMILES string of the molecule is CCOC(=O)[C@H]1O[C@@H]1C(=O)NC[C@@H](CC)CC(=O)N1CCN(c2ccccc2Cl)CC1. The van der Waals surface area contributed by atoms with E-state index in [9.17, 15) is 14.4 Å². The van der Waals surface area contributed by atoms with E-state index in [1.54, 1.807) is 6.92 Å². The highest BCUT2D eigenvalue weighted by Gasteiger charge is 2.51. The molecule has 2 fully saturated rings. The number of hydrogen-bond donors (Lipinski definition) is 1. The number of esters is 1. The van der Waals surface area contributed by atoms with Gasteiger partial charge in [0.15, 0.2) is 12.2 Å². The third-order valence-electron chi connectivity index (χ3n) is 5.70. The molecule has 2 heterocycles. The van der Waals surface area contributed by atoms with Gasteiger partial charge in [-0.3, -0.25) is 9.59 Å². The van der Waals surface area contributed by atoms with Crippen molar-refractivity contribution >= 4 is 35.1 Å². The maximum absolute atomic E-state index is 12.8. The molecule has 2 amide bonds. The van der Waals surface area contributed by atoms with E-state index in [0.717, 1.165) is 25.2 Å². The van der Waals surface area contributed by atoms with Crippen LogP contribution in [0, 0.1) is 5.92 Å². The van der Waals surface area contributed by atoms with Crippen LogP contribution in [0.5, 0.6) is 0 Å². The van der Waals surface area contributed by atoms with Gasteiger partial charge in [-0.2, -0.15) is 0 Å². The maximum Gasteiger partial charge on any atom is 0.338 e. The second kappa shape index (κ2) is 10.8. The molecule has 0 bridgehead atoms. The van der Waals surface area contributed by atoms with Crippen molar-refractivity contribution in [2.24, 2.45) is 5.92 Å². The first kappa shape index (κ1) is 23.3. The Morgan fingerprint density at radius 1 is 1.16 bits per heavy atom. The molecule has 1 aromatic rings. The molecule has 31 heavy (non-hydrogen) atoms. The van der Waals surface area contributed by atoms with E-state index < -0.39 is 18.2 Å². The van der Waals surface area contributed by atoms with Crippen molar-refractivity contribution in [3.05, 3.63) is 29.3 Å². The van der Waals surface area contributed by atoms with Gasteiger partial charge in [0.05, 0.1) is 17.3 Å². The first-order chi connectivity index (χ1) is 14.9. The van der Waals surface area contributed by atoms with Crippen molar-refractivity contribution < 1.29 is 23.9 Å². The lowest BCUT2D eigenvalue weighted by molar-refractivity contribution is -0.144. The molecule has 8 nitrogen and oxygen atoms in total. The fraction of sp³-hybridized carbons (Fsp3) is 0.591. The van der Waals surface area contributed by atoms with Crippen molar-refractivity contribution in [1.29, 1.82) is 0 Å². The number of epoxide rings is 1. The molecule has 170 valence electrons. The molecule has 2 saturated heterocycles. The molecule has 0 aliphatic carbocycles. The summed E-state index contributed by atoms with van der Waals surface area (Å²) in [6.45, 7) is 7.07.